The van der Waals surface area contributed by atoms with Crippen molar-refractivity contribution in [2.75, 3.05) is 0 Å². The Hall–Kier alpha value is -0.863. The molecule has 2 rings (SSSR count). The molecule has 0 radical (unpaired) electrons. The summed E-state index contributed by atoms with van der Waals surface area (Å²) in [7, 11) is 0.202. The van der Waals surface area contributed by atoms with Gasteiger partial charge in [-0.25, -0.2) is 0 Å². The van der Waals surface area contributed by atoms with Crippen LogP contribution >= 0.6 is 8.58 Å². The smallest absolute Gasteiger partial charge is 1.00 e. The maximum absolute atomic E-state index is 12.6. The van der Waals surface area contributed by atoms with E-state index in [1.165, 1.54) is 16.7 Å². The van der Waals surface area contributed by atoms with Gasteiger partial charge in [-0.05, 0) is 65.2 Å². The first kappa shape index (κ1) is 18.2. The summed E-state index contributed by atoms with van der Waals surface area (Å²) in [5.74, 6) is 0. The van der Waals surface area contributed by atoms with Gasteiger partial charge in [0.2, 0.25) is 0 Å². The van der Waals surface area contributed by atoms with Crippen LogP contribution in [0.5, 0.6) is 0 Å². The van der Waals surface area contributed by atoms with Crippen LogP contribution in [0.25, 0.3) is 0 Å². The standard InChI is InChI=1S/C18H21OP.Li.H/c1-11-6-7-13(3)16(10-11)20-18(19)17-14(4)8-12(2)9-15(17)5;;/h6-10,20H,1-5H3;;/q;+1;-1. The van der Waals surface area contributed by atoms with Gasteiger partial charge in [-0.1, -0.05) is 41.5 Å². The van der Waals surface area contributed by atoms with Crippen LogP contribution in [0.4, 0.5) is 0 Å². The Bertz CT molecular complexity index is 660. The SMILES string of the molecule is Cc1cc(C)c(C(=O)Pc2cc(C)ccc2C)c(C)c1.[H-].[Li+]. The second-order valence-corrected chi connectivity index (χ2v) is 6.79. The minimum atomic E-state index is 0. The van der Waals surface area contributed by atoms with E-state index in [2.05, 4.69) is 51.1 Å². The third kappa shape index (κ3) is 4.30. The monoisotopic (exact) mass is 292 g/mol. The molecule has 0 aliphatic rings. The van der Waals surface area contributed by atoms with Crippen molar-refractivity contribution < 1.29 is 25.1 Å². The first-order valence-electron chi connectivity index (χ1n) is 6.85. The van der Waals surface area contributed by atoms with Crippen molar-refractivity contribution in [3.63, 3.8) is 0 Å². The predicted molar refractivity (Wildman–Crippen MR) is 90.0 cm³/mol. The van der Waals surface area contributed by atoms with Crippen LogP contribution < -0.4 is 24.2 Å². The van der Waals surface area contributed by atoms with Crippen LogP contribution in [0.2, 0.25) is 0 Å². The molecule has 0 aliphatic carbocycles. The zero-order valence-corrected chi connectivity index (χ0v) is 14.8. The largest absolute Gasteiger partial charge is 1.00 e. The van der Waals surface area contributed by atoms with E-state index in [0.29, 0.717) is 0 Å². The Morgan fingerprint density at radius 3 is 2.00 bits per heavy atom. The molecule has 1 atom stereocenters. The maximum Gasteiger partial charge on any atom is 1.00 e. The van der Waals surface area contributed by atoms with Crippen molar-refractivity contribution in [3.8, 4) is 0 Å². The average molecular weight is 292 g/mol. The predicted octanol–water partition coefficient (Wildman–Crippen LogP) is 1.49. The van der Waals surface area contributed by atoms with Crippen LogP contribution in [0.3, 0.4) is 0 Å². The first-order valence-corrected chi connectivity index (χ1v) is 7.85. The fourth-order valence-electron chi connectivity index (χ4n) is 2.59. The molecule has 0 bridgehead atoms. The van der Waals surface area contributed by atoms with Crippen LogP contribution in [0, 0.1) is 34.6 Å². The van der Waals surface area contributed by atoms with Crippen molar-refractivity contribution in [2.45, 2.75) is 34.6 Å². The summed E-state index contributed by atoms with van der Waals surface area (Å²) in [6, 6.07) is 10.5. The van der Waals surface area contributed by atoms with Crippen LogP contribution in [0.1, 0.15) is 39.6 Å². The molecule has 0 saturated carbocycles. The minimum absolute atomic E-state index is 0. The summed E-state index contributed by atoms with van der Waals surface area (Å²) in [4.78, 5) is 12.6. The molecule has 0 saturated heterocycles. The second-order valence-electron chi connectivity index (χ2n) is 5.55. The van der Waals surface area contributed by atoms with Crippen molar-refractivity contribution in [1.29, 1.82) is 0 Å². The molecule has 2 aromatic rings. The van der Waals surface area contributed by atoms with Gasteiger partial charge in [-0.2, -0.15) is 0 Å². The Morgan fingerprint density at radius 2 is 1.43 bits per heavy atom. The number of aryl methyl sites for hydroxylation is 5. The van der Waals surface area contributed by atoms with E-state index in [4.69, 9.17) is 0 Å². The van der Waals surface area contributed by atoms with E-state index < -0.39 is 0 Å². The second kappa shape index (κ2) is 7.42. The Kier molecular flexibility index (Phi) is 6.42. The van der Waals surface area contributed by atoms with E-state index in [0.717, 1.165) is 22.0 Å². The zero-order chi connectivity index (χ0) is 14.9. The first-order chi connectivity index (χ1) is 9.38. The fourth-order valence-corrected chi connectivity index (χ4v) is 3.94. The van der Waals surface area contributed by atoms with Gasteiger partial charge < -0.3 is 1.43 Å². The van der Waals surface area contributed by atoms with E-state index in [1.807, 2.05) is 13.8 Å². The van der Waals surface area contributed by atoms with Crippen LogP contribution in [0.15, 0.2) is 30.3 Å². The maximum atomic E-state index is 12.6. The van der Waals surface area contributed by atoms with E-state index >= 15 is 0 Å². The molecule has 0 fully saturated rings. The summed E-state index contributed by atoms with van der Waals surface area (Å²) >= 11 is 0. The van der Waals surface area contributed by atoms with Crippen molar-refractivity contribution in [1.82, 2.24) is 0 Å². The molecule has 0 heterocycles. The van der Waals surface area contributed by atoms with Gasteiger partial charge in [-0.3, -0.25) is 4.79 Å². The summed E-state index contributed by atoms with van der Waals surface area (Å²) < 4.78 is 0. The van der Waals surface area contributed by atoms with Gasteiger partial charge in [0.1, 0.15) is 0 Å². The molecular formula is C18H22LiOP. The normalized spacial score (nSPS) is 10.7. The molecule has 106 valence electrons. The summed E-state index contributed by atoms with van der Waals surface area (Å²) in [5.41, 5.74) is 6.94. The van der Waals surface area contributed by atoms with Gasteiger partial charge in [0.15, 0.2) is 5.52 Å². The minimum Gasteiger partial charge on any atom is -1.00 e. The van der Waals surface area contributed by atoms with E-state index in [9.17, 15) is 4.79 Å². The fraction of sp³-hybridized carbons (Fsp3) is 0.278. The van der Waals surface area contributed by atoms with Crippen LogP contribution in [-0.2, 0) is 0 Å². The zero-order valence-electron chi connectivity index (χ0n) is 14.8. The Balaban J connectivity index is 0.00000220. The molecule has 0 amide bonds. The molecule has 0 spiro atoms. The average Bonchev–Trinajstić information content (AvgIpc) is 2.32. The number of benzene rings is 2. The Morgan fingerprint density at radius 1 is 0.857 bits per heavy atom. The molecule has 1 nitrogen and oxygen atoms in total. The Labute approximate surface area is 143 Å². The number of carbonyl (C=O) groups excluding carboxylic acids is 1. The van der Waals surface area contributed by atoms with Gasteiger partial charge in [0.05, 0.1) is 0 Å². The van der Waals surface area contributed by atoms with Crippen LogP contribution in [-0.4, -0.2) is 5.52 Å². The number of hydrogen-bond donors (Lipinski definition) is 0. The quantitative estimate of drug-likeness (QED) is 0.619. The molecule has 21 heavy (non-hydrogen) atoms. The van der Waals surface area contributed by atoms with Gasteiger partial charge in [-0.15, -0.1) is 0 Å². The third-order valence-electron chi connectivity index (χ3n) is 3.55. The molecule has 1 unspecified atom stereocenters. The summed E-state index contributed by atoms with van der Waals surface area (Å²) in [6.45, 7) is 10.3. The van der Waals surface area contributed by atoms with E-state index in [-0.39, 0.29) is 34.4 Å². The summed E-state index contributed by atoms with van der Waals surface area (Å²) in [6.07, 6.45) is 0. The molecule has 3 heteroatoms. The summed E-state index contributed by atoms with van der Waals surface area (Å²) in [5, 5.41) is 1.16. The molecular weight excluding hydrogens is 270 g/mol. The topological polar surface area (TPSA) is 17.1 Å². The van der Waals surface area contributed by atoms with Gasteiger partial charge in [0.25, 0.3) is 0 Å². The van der Waals surface area contributed by atoms with Gasteiger partial charge >= 0.3 is 18.9 Å². The molecule has 2 aromatic carbocycles. The number of rotatable bonds is 3. The molecule has 0 aliphatic heterocycles. The van der Waals surface area contributed by atoms with Gasteiger partial charge in [0, 0.05) is 5.56 Å². The molecule has 0 N–H and O–H groups in total. The molecule has 0 aromatic heterocycles. The number of carbonyl (C=O) groups is 1. The third-order valence-corrected chi connectivity index (χ3v) is 4.83. The van der Waals surface area contributed by atoms with Crippen molar-refractivity contribution in [2.24, 2.45) is 0 Å². The van der Waals surface area contributed by atoms with E-state index in [1.54, 1.807) is 0 Å². The number of hydrogen-bond acceptors (Lipinski definition) is 1. The van der Waals surface area contributed by atoms with Crippen molar-refractivity contribution >= 4 is 19.4 Å². The van der Waals surface area contributed by atoms with Crippen molar-refractivity contribution in [3.05, 3.63) is 63.7 Å².